The summed E-state index contributed by atoms with van der Waals surface area (Å²) >= 11 is 0. The van der Waals surface area contributed by atoms with Gasteiger partial charge in [-0.05, 0) is 19.4 Å². The van der Waals surface area contributed by atoms with Crippen molar-refractivity contribution in [1.29, 1.82) is 0 Å². The van der Waals surface area contributed by atoms with E-state index in [2.05, 4.69) is 31.6 Å². The van der Waals surface area contributed by atoms with Gasteiger partial charge in [0.2, 0.25) is 0 Å². The molecule has 33 heavy (non-hydrogen) atoms. The third kappa shape index (κ3) is 6.38. The normalized spacial score (nSPS) is 34.5. The standard InChI is InChI=1S/C14H24FN2O13P3/c1-8-5-17(10(3)16-9(8)2)12-14(19,6-15)11(18)13(4,28-12)7-27-32(23,24)30-33(25,26)29-31(20,21)22/h5,11-12,16,18-19H,2-3,6-7H2,1,4H3,(H,23,24)(H,25,26)(H2,20,21,22)/t11-,12+,13+,14?/m0/s1. The highest BCUT2D eigenvalue weighted by Crippen LogP contribution is 2.66. The first kappa shape index (κ1) is 28.3. The lowest BCUT2D eigenvalue weighted by Gasteiger charge is -2.39. The van der Waals surface area contributed by atoms with Crippen molar-refractivity contribution < 1.29 is 65.8 Å². The van der Waals surface area contributed by atoms with Gasteiger partial charge in [0.15, 0.2) is 11.8 Å². The minimum atomic E-state index is -5.78. The van der Waals surface area contributed by atoms with Crippen LogP contribution in [-0.2, 0) is 31.6 Å². The van der Waals surface area contributed by atoms with Crippen LogP contribution in [0.2, 0.25) is 0 Å². The zero-order valence-electron chi connectivity index (χ0n) is 17.3. The Morgan fingerprint density at radius 1 is 1.21 bits per heavy atom. The van der Waals surface area contributed by atoms with Crippen molar-refractivity contribution in [3.8, 4) is 0 Å². The van der Waals surface area contributed by atoms with Crippen molar-refractivity contribution in [3.63, 3.8) is 0 Å². The number of ether oxygens (including phenoxy) is 1. The first-order valence-corrected chi connectivity index (χ1v) is 13.3. The fourth-order valence-electron chi connectivity index (χ4n) is 3.06. The van der Waals surface area contributed by atoms with Crippen molar-refractivity contribution in [2.75, 3.05) is 13.3 Å². The van der Waals surface area contributed by atoms with Crippen molar-refractivity contribution in [2.24, 2.45) is 0 Å². The summed E-state index contributed by atoms with van der Waals surface area (Å²) < 4.78 is 65.3. The van der Waals surface area contributed by atoms with E-state index in [1.165, 1.54) is 6.20 Å². The van der Waals surface area contributed by atoms with Crippen LogP contribution in [0.25, 0.3) is 0 Å². The molecule has 0 radical (unpaired) electrons. The van der Waals surface area contributed by atoms with Crippen LogP contribution in [0.1, 0.15) is 13.8 Å². The lowest BCUT2D eigenvalue weighted by atomic mass is 9.88. The highest BCUT2D eigenvalue weighted by molar-refractivity contribution is 7.66. The highest BCUT2D eigenvalue weighted by Gasteiger charge is 2.64. The van der Waals surface area contributed by atoms with E-state index in [9.17, 15) is 38.1 Å². The number of nitrogens with one attached hydrogen (secondary N) is 1. The quantitative estimate of drug-likeness (QED) is 0.195. The van der Waals surface area contributed by atoms with E-state index in [4.69, 9.17) is 14.5 Å². The molecule has 2 aliphatic heterocycles. The Morgan fingerprint density at radius 2 is 1.79 bits per heavy atom. The number of rotatable bonds is 9. The van der Waals surface area contributed by atoms with E-state index in [-0.39, 0.29) is 5.82 Å². The third-order valence-electron chi connectivity index (χ3n) is 4.67. The molecule has 3 unspecified atom stereocenters. The summed E-state index contributed by atoms with van der Waals surface area (Å²) in [6.45, 7) is 7.45. The lowest BCUT2D eigenvalue weighted by Crippen LogP contribution is -2.57. The molecule has 2 aliphatic rings. The second kappa shape index (κ2) is 9.25. The number of hydrogen-bond donors (Lipinski definition) is 7. The van der Waals surface area contributed by atoms with Gasteiger partial charge in [0, 0.05) is 11.9 Å². The maximum absolute atomic E-state index is 13.9. The molecule has 6 atom stereocenters. The fraction of sp³-hybridized carbons (Fsp3) is 0.571. The Balaban J connectivity index is 2.24. The molecule has 2 heterocycles. The average molecular weight is 540 g/mol. The maximum Gasteiger partial charge on any atom is 0.490 e. The van der Waals surface area contributed by atoms with Gasteiger partial charge in [0.25, 0.3) is 0 Å². The van der Waals surface area contributed by atoms with Crippen LogP contribution in [0.4, 0.5) is 4.39 Å². The molecule has 19 heteroatoms. The van der Waals surface area contributed by atoms with Gasteiger partial charge >= 0.3 is 23.5 Å². The van der Waals surface area contributed by atoms with E-state index in [1.54, 1.807) is 6.92 Å². The van der Waals surface area contributed by atoms with Crippen LogP contribution in [0, 0.1) is 0 Å². The molecule has 1 fully saturated rings. The molecular weight excluding hydrogens is 516 g/mol. The Kier molecular flexibility index (Phi) is 7.92. The zero-order valence-corrected chi connectivity index (χ0v) is 20.0. The predicted molar refractivity (Wildman–Crippen MR) is 107 cm³/mol. The van der Waals surface area contributed by atoms with Crippen LogP contribution in [0.5, 0.6) is 0 Å². The van der Waals surface area contributed by atoms with Crippen molar-refractivity contribution in [1.82, 2.24) is 10.2 Å². The van der Waals surface area contributed by atoms with Gasteiger partial charge in [-0.15, -0.1) is 0 Å². The summed E-state index contributed by atoms with van der Waals surface area (Å²) in [5, 5.41) is 24.2. The zero-order chi connectivity index (χ0) is 25.6. The molecular formula is C14H24FN2O13P3. The first-order chi connectivity index (χ1) is 14.8. The van der Waals surface area contributed by atoms with Gasteiger partial charge in [0.1, 0.15) is 24.2 Å². The van der Waals surface area contributed by atoms with Crippen molar-refractivity contribution in [2.45, 2.75) is 37.4 Å². The monoisotopic (exact) mass is 540 g/mol. The third-order valence-corrected chi connectivity index (χ3v) is 8.46. The fourth-order valence-corrected chi connectivity index (χ4v) is 6.17. The molecule has 0 aliphatic carbocycles. The second-order valence-electron chi connectivity index (χ2n) is 7.44. The van der Waals surface area contributed by atoms with Crippen LogP contribution >= 0.6 is 23.5 Å². The van der Waals surface area contributed by atoms with Crippen molar-refractivity contribution >= 4 is 23.5 Å². The SMILES string of the molecule is C=C1NC(=C)N([C@@H]2O[C@](C)(COP(=O)(O)OP(=O)(O)OP(=O)(O)O)[C@H](O)C2(O)CF)C=C1C. The Hall–Kier alpha value is -0.960. The van der Waals surface area contributed by atoms with Gasteiger partial charge in [-0.25, -0.2) is 18.1 Å². The Bertz CT molecular complexity index is 1000. The van der Waals surface area contributed by atoms with Crippen LogP contribution in [-0.4, -0.2) is 71.5 Å². The summed E-state index contributed by atoms with van der Waals surface area (Å²) in [6.07, 6.45) is -2.32. The Labute approximate surface area is 187 Å². The molecule has 0 saturated carbocycles. The van der Waals surface area contributed by atoms with Gasteiger partial charge in [0.05, 0.1) is 6.61 Å². The topological polar surface area (TPSA) is 225 Å². The number of phosphoric acid groups is 3. The first-order valence-electron chi connectivity index (χ1n) is 8.80. The van der Waals surface area contributed by atoms with E-state index in [1.807, 2.05) is 0 Å². The Morgan fingerprint density at radius 3 is 2.30 bits per heavy atom. The summed E-state index contributed by atoms with van der Waals surface area (Å²) in [5.74, 6) is 0.0896. The van der Waals surface area contributed by atoms with Crippen LogP contribution < -0.4 is 5.32 Å². The molecule has 0 aromatic carbocycles. The molecule has 0 aromatic heterocycles. The number of alkyl halides is 1. The van der Waals surface area contributed by atoms with E-state index in [0.29, 0.717) is 11.3 Å². The lowest BCUT2D eigenvalue weighted by molar-refractivity contribution is -0.140. The van der Waals surface area contributed by atoms with E-state index < -0.39 is 60.3 Å². The average Bonchev–Trinajstić information content (AvgIpc) is 2.82. The molecule has 0 bridgehead atoms. The molecule has 15 nitrogen and oxygen atoms in total. The predicted octanol–water partition coefficient (Wildman–Crippen LogP) is 0.300. The van der Waals surface area contributed by atoms with Crippen LogP contribution in [0.3, 0.4) is 0 Å². The number of halogens is 1. The summed E-state index contributed by atoms with van der Waals surface area (Å²) in [7, 11) is -16.9. The smallest absolute Gasteiger partial charge is 0.387 e. The molecule has 2 rings (SSSR count). The maximum atomic E-state index is 13.9. The minimum absolute atomic E-state index is 0.0896. The van der Waals surface area contributed by atoms with Gasteiger partial charge < -0.3 is 44.7 Å². The minimum Gasteiger partial charge on any atom is -0.387 e. The van der Waals surface area contributed by atoms with Crippen molar-refractivity contribution in [3.05, 3.63) is 36.4 Å². The number of phosphoric ester groups is 1. The number of aliphatic hydroxyl groups is 2. The van der Waals surface area contributed by atoms with Gasteiger partial charge in [-0.1, -0.05) is 13.2 Å². The summed E-state index contributed by atoms with van der Waals surface area (Å²) in [5.41, 5.74) is -3.71. The summed E-state index contributed by atoms with van der Waals surface area (Å²) in [6, 6.07) is 0. The molecule has 0 amide bonds. The molecule has 1 saturated heterocycles. The largest absolute Gasteiger partial charge is 0.490 e. The summed E-state index contributed by atoms with van der Waals surface area (Å²) in [4.78, 5) is 37.1. The number of allylic oxidation sites excluding steroid dienone is 1. The van der Waals surface area contributed by atoms with Gasteiger partial charge in [-0.3, -0.25) is 4.52 Å². The van der Waals surface area contributed by atoms with E-state index >= 15 is 0 Å². The molecule has 0 aromatic rings. The number of nitrogens with zero attached hydrogens (tertiary/aromatic N) is 1. The highest BCUT2D eigenvalue weighted by atomic mass is 31.3. The number of hydrogen-bond acceptors (Lipinski definition) is 11. The molecule has 190 valence electrons. The number of aliphatic hydroxyl groups excluding tert-OH is 1. The van der Waals surface area contributed by atoms with Gasteiger partial charge in [-0.2, -0.15) is 8.62 Å². The second-order valence-corrected chi connectivity index (χ2v) is 11.9. The van der Waals surface area contributed by atoms with Crippen LogP contribution in [0.15, 0.2) is 36.4 Å². The molecule has 7 N–H and O–H groups in total. The van der Waals surface area contributed by atoms with E-state index in [0.717, 1.165) is 11.8 Å². The molecule has 0 spiro atoms.